The Hall–Kier alpha value is -2.42. The van der Waals surface area contributed by atoms with Gasteiger partial charge in [-0.25, -0.2) is 0 Å². The highest BCUT2D eigenvalue weighted by molar-refractivity contribution is 7.17. The van der Waals surface area contributed by atoms with Crippen LogP contribution < -0.4 is 5.56 Å². The van der Waals surface area contributed by atoms with Gasteiger partial charge in [0.2, 0.25) is 0 Å². The minimum atomic E-state index is -0.786. The number of fused-ring (bicyclic) bond motifs is 1. The van der Waals surface area contributed by atoms with Gasteiger partial charge in [0.25, 0.3) is 5.56 Å². The first-order chi connectivity index (χ1) is 10.2. The molecule has 2 heterocycles. The zero-order valence-electron chi connectivity index (χ0n) is 11.1. The predicted octanol–water partition coefficient (Wildman–Crippen LogP) is 2.67. The molecule has 0 radical (unpaired) electrons. The highest BCUT2D eigenvalue weighted by atomic mass is 32.1. The van der Waals surface area contributed by atoms with E-state index in [0.717, 1.165) is 4.70 Å². The smallest absolute Gasteiger partial charge is 0.259 e. The van der Waals surface area contributed by atoms with Crippen LogP contribution in [0.4, 0.5) is 0 Å². The van der Waals surface area contributed by atoms with Crippen molar-refractivity contribution in [2.75, 3.05) is 0 Å². The van der Waals surface area contributed by atoms with Crippen molar-refractivity contribution >= 4 is 21.4 Å². The minimum Gasteiger partial charge on any atom is -0.387 e. The van der Waals surface area contributed by atoms with Gasteiger partial charge in [-0.05, 0) is 35.2 Å². The Balaban J connectivity index is 1.88. The van der Waals surface area contributed by atoms with Crippen LogP contribution in [0.5, 0.6) is 0 Å². The fourth-order valence-corrected chi connectivity index (χ4v) is 2.99. The Morgan fingerprint density at radius 2 is 2.00 bits per heavy atom. The van der Waals surface area contributed by atoms with E-state index in [2.05, 4.69) is 0 Å². The second-order valence-corrected chi connectivity index (χ2v) is 5.67. The number of thiophene rings is 1. The Kier molecular flexibility index (Phi) is 3.57. The average molecular weight is 296 g/mol. The molecule has 0 amide bonds. The number of aliphatic hydroxyl groups is 1. The maximum Gasteiger partial charge on any atom is 0.259 e. The van der Waals surface area contributed by atoms with Crippen LogP contribution in [-0.2, 0) is 6.54 Å². The van der Waals surface area contributed by atoms with Crippen molar-refractivity contribution in [2.45, 2.75) is 12.6 Å². The van der Waals surface area contributed by atoms with Crippen LogP contribution in [0.1, 0.15) is 17.2 Å². The molecular formula is C16H12N2O2S. The maximum absolute atomic E-state index is 12.3. The Morgan fingerprint density at radius 3 is 2.71 bits per heavy atom. The highest BCUT2D eigenvalue weighted by Crippen LogP contribution is 2.18. The topological polar surface area (TPSA) is 66.0 Å². The van der Waals surface area contributed by atoms with Gasteiger partial charge in [0.1, 0.15) is 0 Å². The second kappa shape index (κ2) is 5.52. The Morgan fingerprint density at radius 1 is 1.24 bits per heavy atom. The maximum atomic E-state index is 12.3. The molecule has 0 spiro atoms. The highest BCUT2D eigenvalue weighted by Gasteiger charge is 2.11. The van der Waals surface area contributed by atoms with Crippen LogP contribution in [0, 0.1) is 11.3 Å². The largest absolute Gasteiger partial charge is 0.387 e. The molecule has 0 aliphatic heterocycles. The molecule has 1 N–H and O–H groups in total. The molecule has 2 aromatic heterocycles. The van der Waals surface area contributed by atoms with Gasteiger partial charge in [0.05, 0.1) is 29.7 Å². The summed E-state index contributed by atoms with van der Waals surface area (Å²) in [5.41, 5.74) is 1.13. The van der Waals surface area contributed by atoms with Crippen LogP contribution in [0.25, 0.3) is 10.1 Å². The first kappa shape index (κ1) is 13.6. The molecular weight excluding hydrogens is 284 g/mol. The number of nitrogens with zero attached hydrogens (tertiary/aromatic N) is 2. The quantitative estimate of drug-likeness (QED) is 0.808. The molecule has 0 aliphatic carbocycles. The summed E-state index contributed by atoms with van der Waals surface area (Å²) in [6, 6.07) is 12.4. The van der Waals surface area contributed by atoms with Crippen molar-refractivity contribution in [2.24, 2.45) is 0 Å². The standard InChI is InChI=1S/C16H12N2O2S/c17-9-11-1-3-12(4-2-11)14(19)10-18-7-5-15-13(16(18)20)6-8-21-15/h1-8,14,19H,10H2. The first-order valence-corrected chi connectivity index (χ1v) is 7.32. The zero-order valence-corrected chi connectivity index (χ0v) is 11.9. The lowest BCUT2D eigenvalue weighted by Crippen LogP contribution is -2.22. The average Bonchev–Trinajstić information content (AvgIpc) is 2.99. The van der Waals surface area contributed by atoms with Gasteiger partial charge in [-0.3, -0.25) is 4.79 Å². The van der Waals surface area contributed by atoms with E-state index in [1.54, 1.807) is 36.5 Å². The first-order valence-electron chi connectivity index (χ1n) is 6.44. The van der Waals surface area contributed by atoms with Crippen molar-refractivity contribution in [1.29, 1.82) is 5.26 Å². The van der Waals surface area contributed by atoms with Gasteiger partial charge in [-0.15, -0.1) is 11.3 Å². The molecule has 0 saturated carbocycles. The number of aromatic nitrogens is 1. The summed E-state index contributed by atoms with van der Waals surface area (Å²) in [6.07, 6.45) is 0.917. The van der Waals surface area contributed by atoms with Crippen molar-refractivity contribution < 1.29 is 5.11 Å². The summed E-state index contributed by atoms with van der Waals surface area (Å²) in [4.78, 5) is 12.3. The third-order valence-electron chi connectivity index (χ3n) is 3.39. The molecule has 1 atom stereocenters. The Labute approximate surface area is 125 Å². The minimum absolute atomic E-state index is 0.0959. The van der Waals surface area contributed by atoms with Crippen LogP contribution in [-0.4, -0.2) is 9.67 Å². The van der Waals surface area contributed by atoms with Crippen LogP contribution in [0.3, 0.4) is 0 Å². The van der Waals surface area contributed by atoms with E-state index in [1.807, 2.05) is 17.5 Å². The summed E-state index contributed by atoms with van der Waals surface area (Å²) < 4.78 is 2.46. The van der Waals surface area contributed by atoms with E-state index in [0.29, 0.717) is 16.5 Å². The summed E-state index contributed by atoms with van der Waals surface area (Å²) in [5.74, 6) is 0. The molecule has 104 valence electrons. The fraction of sp³-hybridized carbons (Fsp3) is 0.125. The molecule has 3 aromatic rings. The van der Waals surface area contributed by atoms with Crippen LogP contribution in [0.2, 0.25) is 0 Å². The van der Waals surface area contributed by atoms with E-state index >= 15 is 0 Å². The van der Waals surface area contributed by atoms with Gasteiger partial charge in [-0.1, -0.05) is 12.1 Å². The van der Waals surface area contributed by atoms with Gasteiger partial charge < -0.3 is 9.67 Å². The summed E-state index contributed by atoms with van der Waals surface area (Å²) in [6.45, 7) is 0.191. The number of nitriles is 1. The van der Waals surface area contributed by atoms with Crippen molar-refractivity contribution in [3.8, 4) is 6.07 Å². The van der Waals surface area contributed by atoms with E-state index in [9.17, 15) is 9.90 Å². The number of aliphatic hydroxyl groups excluding tert-OH is 1. The monoisotopic (exact) mass is 296 g/mol. The molecule has 0 fully saturated rings. The van der Waals surface area contributed by atoms with E-state index < -0.39 is 6.10 Å². The normalized spacial score (nSPS) is 12.2. The van der Waals surface area contributed by atoms with Gasteiger partial charge in [0.15, 0.2) is 0 Å². The molecule has 21 heavy (non-hydrogen) atoms. The number of hydrogen-bond acceptors (Lipinski definition) is 4. The summed E-state index contributed by atoms with van der Waals surface area (Å²) in [5, 5.41) is 21.6. The molecule has 1 aromatic carbocycles. The molecule has 3 rings (SSSR count). The number of rotatable bonds is 3. The molecule has 0 aliphatic rings. The zero-order chi connectivity index (χ0) is 14.8. The third kappa shape index (κ3) is 2.59. The van der Waals surface area contributed by atoms with Crippen LogP contribution >= 0.6 is 11.3 Å². The summed E-state index contributed by atoms with van der Waals surface area (Å²) in [7, 11) is 0. The molecule has 4 nitrogen and oxygen atoms in total. The van der Waals surface area contributed by atoms with Crippen LogP contribution in [0.15, 0.2) is 52.8 Å². The third-order valence-corrected chi connectivity index (χ3v) is 4.27. The lowest BCUT2D eigenvalue weighted by atomic mass is 10.1. The van der Waals surface area contributed by atoms with Crippen molar-refractivity contribution in [3.63, 3.8) is 0 Å². The number of benzene rings is 1. The van der Waals surface area contributed by atoms with E-state index in [1.165, 1.54) is 15.9 Å². The molecule has 0 bridgehead atoms. The molecule has 0 saturated heterocycles. The summed E-state index contributed by atoms with van der Waals surface area (Å²) >= 11 is 1.52. The Bertz CT molecular complexity index is 872. The second-order valence-electron chi connectivity index (χ2n) is 4.72. The SMILES string of the molecule is N#Cc1ccc(C(O)Cn2ccc3sccc3c2=O)cc1. The van der Waals surface area contributed by atoms with Gasteiger partial charge in [0, 0.05) is 10.9 Å². The number of pyridine rings is 1. The van der Waals surface area contributed by atoms with Gasteiger partial charge in [-0.2, -0.15) is 5.26 Å². The lowest BCUT2D eigenvalue weighted by Gasteiger charge is -2.13. The lowest BCUT2D eigenvalue weighted by molar-refractivity contribution is 0.155. The fourth-order valence-electron chi connectivity index (χ4n) is 2.22. The van der Waals surface area contributed by atoms with Crippen molar-refractivity contribution in [3.05, 3.63) is 69.5 Å². The van der Waals surface area contributed by atoms with Gasteiger partial charge >= 0.3 is 0 Å². The molecule has 1 unspecified atom stereocenters. The van der Waals surface area contributed by atoms with E-state index in [4.69, 9.17) is 5.26 Å². The number of hydrogen-bond donors (Lipinski definition) is 1. The molecule has 5 heteroatoms. The predicted molar refractivity (Wildman–Crippen MR) is 82.2 cm³/mol. The van der Waals surface area contributed by atoms with Crippen molar-refractivity contribution in [1.82, 2.24) is 4.57 Å². The van der Waals surface area contributed by atoms with E-state index in [-0.39, 0.29) is 12.1 Å².